The van der Waals surface area contributed by atoms with Gasteiger partial charge in [0.25, 0.3) is 0 Å². The predicted octanol–water partition coefficient (Wildman–Crippen LogP) is 4.49. The van der Waals surface area contributed by atoms with E-state index < -0.39 is 0 Å². The normalized spacial score (nSPS) is 9.88. The molecule has 0 radical (unpaired) electrons. The van der Waals surface area contributed by atoms with Crippen LogP contribution in [0.5, 0.6) is 0 Å². The second-order valence-electron chi connectivity index (χ2n) is 3.34. The fraction of sp³-hybridized carbons (Fsp3) is 0. The standard InChI is InChI=1S/C12H10Cl2N2/c13-15-11-5-1-9(2-6-11)10-3-7-12(16-14)8-4-10/h1-8,15-16H. The molecular weight excluding hydrogens is 243 g/mol. The molecule has 82 valence electrons. The Morgan fingerprint density at radius 2 is 0.875 bits per heavy atom. The summed E-state index contributed by atoms with van der Waals surface area (Å²) in [5, 5.41) is 0. The molecule has 0 atom stereocenters. The Labute approximate surface area is 104 Å². The third-order valence-corrected chi connectivity index (χ3v) is 2.76. The zero-order valence-electron chi connectivity index (χ0n) is 8.37. The predicted molar refractivity (Wildman–Crippen MR) is 70.8 cm³/mol. The monoisotopic (exact) mass is 252 g/mol. The third-order valence-electron chi connectivity index (χ3n) is 2.32. The van der Waals surface area contributed by atoms with Crippen molar-refractivity contribution in [2.45, 2.75) is 0 Å². The topological polar surface area (TPSA) is 24.1 Å². The van der Waals surface area contributed by atoms with E-state index in [0.29, 0.717) is 0 Å². The van der Waals surface area contributed by atoms with Gasteiger partial charge in [-0.3, -0.25) is 9.67 Å². The summed E-state index contributed by atoms with van der Waals surface area (Å²) in [7, 11) is 0. The Kier molecular flexibility index (Phi) is 3.54. The molecule has 0 saturated heterocycles. The molecule has 16 heavy (non-hydrogen) atoms. The molecule has 4 heteroatoms. The highest BCUT2D eigenvalue weighted by Crippen LogP contribution is 2.23. The van der Waals surface area contributed by atoms with E-state index in [1.54, 1.807) is 0 Å². The molecule has 0 amide bonds. The molecule has 2 aromatic carbocycles. The Morgan fingerprint density at radius 3 is 1.12 bits per heavy atom. The molecule has 2 rings (SSSR count). The highest BCUT2D eigenvalue weighted by Gasteiger charge is 1.97. The molecular formula is C12H10Cl2N2. The summed E-state index contributed by atoms with van der Waals surface area (Å²) in [4.78, 5) is 5.14. The van der Waals surface area contributed by atoms with Crippen LogP contribution in [0.3, 0.4) is 0 Å². The molecule has 0 unspecified atom stereocenters. The van der Waals surface area contributed by atoms with Gasteiger partial charge in [0, 0.05) is 34.9 Å². The number of rotatable bonds is 3. The summed E-state index contributed by atoms with van der Waals surface area (Å²) in [6.07, 6.45) is 0. The van der Waals surface area contributed by atoms with Gasteiger partial charge >= 0.3 is 0 Å². The molecule has 0 spiro atoms. The van der Waals surface area contributed by atoms with Gasteiger partial charge in [0.1, 0.15) is 0 Å². The second-order valence-corrected chi connectivity index (χ2v) is 3.72. The van der Waals surface area contributed by atoms with Crippen molar-refractivity contribution >= 4 is 34.9 Å². The number of halogens is 2. The molecule has 0 aliphatic carbocycles. The van der Waals surface area contributed by atoms with E-state index in [1.807, 2.05) is 48.5 Å². The van der Waals surface area contributed by atoms with Crippen LogP contribution >= 0.6 is 23.6 Å². The van der Waals surface area contributed by atoms with Crippen LogP contribution in [0, 0.1) is 0 Å². The van der Waals surface area contributed by atoms with Crippen LogP contribution in [0.2, 0.25) is 0 Å². The minimum atomic E-state index is 0.879. The first-order valence-corrected chi connectivity index (χ1v) is 5.53. The molecule has 2 N–H and O–H groups in total. The summed E-state index contributed by atoms with van der Waals surface area (Å²) >= 11 is 11.0. The van der Waals surface area contributed by atoms with Crippen LogP contribution in [-0.4, -0.2) is 0 Å². The minimum absolute atomic E-state index is 0.879. The van der Waals surface area contributed by atoms with Gasteiger partial charge in [-0.15, -0.1) is 0 Å². The molecule has 0 aromatic heterocycles. The van der Waals surface area contributed by atoms with Crippen LogP contribution in [0.25, 0.3) is 11.1 Å². The van der Waals surface area contributed by atoms with Crippen molar-refractivity contribution in [3.8, 4) is 11.1 Å². The first-order chi connectivity index (χ1) is 7.83. The molecule has 0 fully saturated rings. The lowest BCUT2D eigenvalue weighted by atomic mass is 10.1. The van der Waals surface area contributed by atoms with Crippen molar-refractivity contribution in [1.29, 1.82) is 0 Å². The second kappa shape index (κ2) is 5.10. The van der Waals surface area contributed by atoms with E-state index in [1.165, 1.54) is 0 Å². The van der Waals surface area contributed by atoms with Crippen LogP contribution in [0.4, 0.5) is 11.4 Å². The third kappa shape index (κ3) is 2.40. The molecule has 0 aliphatic heterocycles. The average Bonchev–Trinajstić information content (AvgIpc) is 2.39. The van der Waals surface area contributed by atoms with Crippen molar-refractivity contribution in [3.63, 3.8) is 0 Å². The van der Waals surface area contributed by atoms with Crippen molar-refractivity contribution in [2.75, 3.05) is 9.67 Å². The van der Waals surface area contributed by atoms with Gasteiger partial charge in [-0.1, -0.05) is 24.3 Å². The van der Waals surface area contributed by atoms with E-state index in [4.69, 9.17) is 23.6 Å². The zero-order valence-corrected chi connectivity index (χ0v) is 9.89. The van der Waals surface area contributed by atoms with E-state index in [-0.39, 0.29) is 0 Å². The number of hydrogen-bond donors (Lipinski definition) is 2. The number of hydrogen-bond acceptors (Lipinski definition) is 2. The van der Waals surface area contributed by atoms with Crippen molar-refractivity contribution in [2.24, 2.45) is 0 Å². The van der Waals surface area contributed by atoms with E-state index >= 15 is 0 Å². The summed E-state index contributed by atoms with van der Waals surface area (Å²) in [5.74, 6) is 0. The Hall–Kier alpha value is -1.38. The summed E-state index contributed by atoms with van der Waals surface area (Å²) in [5.41, 5.74) is 4.03. The quantitative estimate of drug-likeness (QED) is 0.787. The number of nitrogens with one attached hydrogen (secondary N) is 2. The molecule has 0 aliphatic rings. The van der Waals surface area contributed by atoms with E-state index in [0.717, 1.165) is 22.5 Å². The molecule has 2 aromatic rings. The summed E-state index contributed by atoms with van der Waals surface area (Å²) < 4.78 is 0. The highest BCUT2D eigenvalue weighted by atomic mass is 35.5. The van der Waals surface area contributed by atoms with Crippen LogP contribution in [0.1, 0.15) is 0 Å². The van der Waals surface area contributed by atoms with Crippen LogP contribution in [0.15, 0.2) is 48.5 Å². The molecule has 2 nitrogen and oxygen atoms in total. The first kappa shape index (κ1) is 11.1. The fourth-order valence-electron chi connectivity index (χ4n) is 1.45. The van der Waals surface area contributed by atoms with Crippen LogP contribution in [-0.2, 0) is 0 Å². The lowest BCUT2D eigenvalue weighted by Gasteiger charge is -2.04. The van der Waals surface area contributed by atoms with E-state index in [2.05, 4.69) is 9.67 Å². The van der Waals surface area contributed by atoms with Gasteiger partial charge in [-0.2, -0.15) is 0 Å². The van der Waals surface area contributed by atoms with Gasteiger partial charge in [0.15, 0.2) is 0 Å². The van der Waals surface area contributed by atoms with Gasteiger partial charge in [-0.25, -0.2) is 0 Å². The van der Waals surface area contributed by atoms with Gasteiger partial charge in [-0.05, 0) is 35.4 Å². The van der Waals surface area contributed by atoms with Gasteiger partial charge in [0.05, 0.1) is 0 Å². The average molecular weight is 253 g/mol. The highest BCUT2D eigenvalue weighted by molar-refractivity contribution is 6.24. The summed E-state index contributed by atoms with van der Waals surface area (Å²) in [6.45, 7) is 0. The smallest absolute Gasteiger partial charge is 0.0492 e. The lowest BCUT2D eigenvalue weighted by Crippen LogP contribution is -1.83. The Morgan fingerprint density at radius 1 is 0.562 bits per heavy atom. The fourth-order valence-corrected chi connectivity index (χ4v) is 1.70. The largest absolute Gasteiger partial charge is 0.299 e. The molecule has 0 saturated carbocycles. The minimum Gasteiger partial charge on any atom is -0.299 e. The maximum absolute atomic E-state index is 5.49. The van der Waals surface area contributed by atoms with Gasteiger partial charge < -0.3 is 0 Å². The number of anilines is 2. The first-order valence-electron chi connectivity index (χ1n) is 4.77. The maximum Gasteiger partial charge on any atom is 0.0492 e. The maximum atomic E-state index is 5.49. The molecule has 0 bridgehead atoms. The van der Waals surface area contributed by atoms with Gasteiger partial charge in [0.2, 0.25) is 0 Å². The molecule has 0 heterocycles. The zero-order chi connectivity index (χ0) is 11.4. The van der Waals surface area contributed by atoms with Crippen molar-refractivity contribution in [1.82, 2.24) is 0 Å². The Balaban J connectivity index is 2.28. The Bertz CT molecular complexity index is 406. The summed E-state index contributed by atoms with van der Waals surface area (Å²) in [6, 6.07) is 15.7. The van der Waals surface area contributed by atoms with Crippen molar-refractivity contribution in [3.05, 3.63) is 48.5 Å². The number of benzene rings is 2. The van der Waals surface area contributed by atoms with Crippen LogP contribution < -0.4 is 9.67 Å². The SMILES string of the molecule is ClNc1ccc(-c2ccc(NCl)cc2)cc1. The van der Waals surface area contributed by atoms with E-state index in [9.17, 15) is 0 Å². The van der Waals surface area contributed by atoms with Crippen molar-refractivity contribution < 1.29 is 0 Å². The lowest BCUT2D eigenvalue weighted by molar-refractivity contribution is 1.60.